The van der Waals surface area contributed by atoms with Crippen molar-refractivity contribution in [1.29, 1.82) is 0 Å². The molecule has 1 aromatic carbocycles. The second-order valence-electron chi connectivity index (χ2n) is 9.70. The van der Waals surface area contributed by atoms with E-state index in [0.717, 1.165) is 18.2 Å². The number of carbonyl (C=O) groups excluding carboxylic acids is 1. The van der Waals surface area contributed by atoms with Crippen LogP contribution >= 0.6 is 0 Å². The number of alkyl halides is 3. The van der Waals surface area contributed by atoms with E-state index in [1.54, 1.807) is 25.1 Å². The molecule has 11 nitrogen and oxygen atoms in total. The van der Waals surface area contributed by atoms with Crippen LogP contribution in [0.25, 0.3) is 11.0 Å². The third kappa shape index (κ3) is 6.39. The van der Waals surface area contributed by atoms with E-state index in [1.807, 2.05) is 20.8 Å². The highest BCUT2D eigenvalue weighted by atomic mass is 19.4. The van der Waals surface area contributed by atoms with E-state index in [4.69, 9.17) is 9.26 Å². The van der Waals surface area contributed by atoms with Crippen LogP contribution in [-0.4, -0.2) is 58.3 Å². The van der Waals surface area contributed by atoms with E-state index < -0.39 is 23.3 Å². The molecule has 0 spiro atoms. The normalized spacial score (nSPS) is 12.0. The number of nitrogens with one attached hydrogen (secondary N) is 2. The maximum atomic E-state index is 13.9. The van der Waals surface area contributed by atoms with Crippen LogP contribution in [-0.2, 0) is 16.3 Å². The first-order valence-corrected chi connectivity index (χ1v) is 11.8. The van der Waals surface area contributed by atoms with E-state index in [0.29, 0.717) is 30.4 Å². The number of methoxy groups -OCH3 is 1. The van der Waals surface area contributed by atoms with Gasteiger partial charge in [-0.25, -0.2) is 19.9 Å². The number of amides is 1. The van der Waals surface area contributed by atoms with Gasteiger partial charge >= 0.3 is 6.18 Å². The molecular formula is C25H27F3N8O3. The number of likely N-dealkylation sites (N-methyl/N-ethyl adjacent to an activating group) is 1. The van der Waals surface area contributed by atoms with Crippen molar-refractivity contribution in [1.82, 2.24) is 25.1 Å². The van der Waals surface area contributed by atoms with E-state index >= 15 is 0 Å². The van der Waals surface area contributed by atoms with Crippen LogP contribution in [0.1, 0.15) is 42.5 Å². The third-order valence-corrected chi connectivity index (χ3v) is 5.67. The minimum atomic E-state index is -4.71. The van der Waals surface area contributed by atoms with Crippen molar-refractivity contribution < 1.29 is 27.2 Å². The maximum absolute atomic E-state index is 13.9. The number of carbonyl (C=O) groups is 1. The number of halogens is 3. The Morgan fingerprint density at radius 3 is 2.56 bits per heavy atom. The van der Waals surface area contributed by atoms with E-state index in [9.17, 15) is 18.0 Å². The Hall–Kier alpha value is -4.33. The SMILES string of the molecule is COCCN(C)c1ncc2ncnc(Nc3cc(C(=O)Nc4cc(C(C)(C)C)on4)ccc3C(F)(F)F)c2n1. The average Bonchev–Trinajstić information content (AvgIpc) is 3.35. The number of rotatable bonds is 8. The van der Waals surface area contributed by atoms with Gasteiger partial charge in [0.15, 0.2) is 11.6 Å². The van der Waals surface area contributed by atoms with Crippen LogP contribution in [0.2, 0.25) is 0 Å². The smallest absolute Gasteiger partial charge is 0.383 e. The van der Waals surface area contributed by atoms with E-state index in [2.05, 4.69) is 35.7 Å². The molecule has 2 N–H and O–H groups in total. The molecule has 4 rings (SSSR count). The lowest BCUT2D eigenvalue weighted by atomic mass is 9.93. The minimum absolute atomic E-state index is 0.0122. The molecule has 0 radical (unpaired) electrons. The molecule has 0 aliphatic carbocycles. The van der Waals surface area contributed by atoms with E-state index in [-0.39, 0.29) is 28.1 Å². The van der Waals surface area contributed by atoms with Gasteiger partial charge in [0.2, 0.25) is 5.95 Å². The Balaban J connectivity index is 1.68. The van der Waals surface area contributed by atoms with Crippen molar-refractivity contribution in [2.45, 2.75) is 32.4 Å². The first-order chi connectivity index (χ1) is 18.4. The Bertz CT molecular complexity index is 1480. The fourth-order valence-corrected chi connectivity index (χ4v) is 3.49. The van der Waals surface area contributed by atoms with Crippen molar-refractivity contribution in [2.75, 3.05) is 42.8 Å². The monoisotopic (exact) mass is 544 g/mol. The van der Waals surface area contributed by atoms with Gasteiger partial charge in [0.05, 0.1) is 24.1 Å². The molecule has 0 fully saturated rings. The summed E-state index contributed by atoms with van der Waals surface area (Å²) in [4.78, 5) is 31.5. The van der Waals surface area contributed by atoms with Crippen LogP contribution in [0.15, 0.2) is 41.3 Å². The van der Waals surface area contributed by atoms with Gasteiger partial charge in [-0.2, -0.15) is 13.2 Å². The number of fused-ring (bicyclic) bond motifs is 1. The summed E-state index contributed by atoms with van der Waals surface area (Å²) in [5.74, 6) is 0.333. The van der Waals surface area contributed by atoms with Crippen LogP contribution in [0.3, 0.4) is 0 Å². The molecule has 0 saturated carbocycles. The topological polar surface area (TPSA) is 131 Å². The van der Waals surface area contributed by atoms with Crippen molar-refractivity contribution >= 4 is 40.2 Å². The Morgan fingerprint density at radius 2 is 1.90 bits per heavy atom. The van der Waals surface area contributed by atoms with Crippen molar-refractivity contribution in [3.8, 4) is 0 Å². The molecule has 1 amide bonds. The lowest BCUT2D eigenvalue weighted by molar-refractivity contribution is -0.136. The fraction of sp³-hybridized carbons (Fsp3) is 0.360. The highest BCUT2D eigenvalue weighted by Crippen LogP contribution is 2.37. The number of benzene rings is 1. The van der Waals surface area contributed by atoms with Crippen molar-refractivity contribution in [2.24, 2.45) is 0 Å². The first-order valence-electron chi connectivity index (χ1n) is 11.8. The Labute approximate surface area is 221 Å². The molecule has 0 bridgehead atoms. The number of aromatic nitrogens is 5. The molecule has 0 aliphatic heterocycles. The summed E-state index contributed by atoms with van der Waals surface area (Å²) >= 11 is 0. The summed E-state index contributed by atoms with van der Waals surface area (Å²) in [6, 6.07) is 4.55. The Morgan fingerprint density at radius 1 is 1.13 bits per heavy atom. The number of nitrogens with zero attached hydrogens (tertiary/aromatic N) is 6. The van der Waals surface area contributed by atoms with Gasteiger partial charge < -0.3 is 24.8 Å². The molecule has 0 saturated heterocycles. The molecule has 39 heavy (non-hydrogen) atoms. The zero-order chi connectivity index (χ0) is 28.4. The second kappa shape index (κ2) is 10.8. The standard InChI is InChI=1S/C25H27F3N8O3/c1-24(2,3)18-11-19(35-39-18)33-22(37)14-6-7-15(25(26,27)28)16(10-14)32-21-20-17(30-13-31-21)12-29-23(34-20)36(4)8-9-38-5/h6-7,10-13H,8-9H2,1-5H3,(H,30,31,32)(H,33,35,37). The van der Waals surface area contributed by atoms with Crippen LogP contribution in [0.4, 0.5) is 36.4 Å². The van der Waals surface area contributed by atoms with Gasteiger partial charge in [-0.3, -0.25) is 4.79 Å². The predicted octanol–water partition coefficient (Wildman–Crippen LogP) is 4.80. The number of hydrogen-bond donors (Lipinski definition) is 2. The molecule has 0 unspecified atom stereocenters. The second-order valence-corrected chi connectivity index (χ2v) is 9.70. The molecule has 3 aromatic heterocycles. The fourth-order valence-electron chi connectivity index (χ4n) is 3.49. The van der Waals surface area contributed by atoms with Crippen LogP contribution in [0.5, 0.6) is 0 Å². The van der Waals surface area contributed by atoms with Crippen LogP contribution in [0, 0.1) is 0 Å². The lowest BCUT2D eigenvalue weighted by Crippen LogP contribution is -2.24. The molecule has 4 aromatic rings. The zero-order valence-electron chi connectivity index (χ0n) is 21.9. The summed E-state index contributed by atoms with van der Waals surface area (Å²) in [6.45, 7) is 6.64. The largest absolute Gasteiger partial charge is 0.418 e. The molecule has 0 aliphatic rings. The minimum Gasteiger partial charge on any atom is -0.383 e. The highest BCUT2D eigenvalue weighted by molar-refractivity contribution is 6.04. The number of hydrogen-bond acceptors (Lipinski definition) is 10. The summed E-state index contributed by atoms with van der Waals surface area (Å²) in [5, 5.41) is 9.07. The predicted molar refractivity (Wildman–Crippen MR) is 138 cm³/mol. The lowest BCUT2D eigenvalue weighted by Gasteiger charge is -2.18. The molecular weight excluding hydrogens is 517 g/mol. The van der Waals surface area contributed by atoms with Crippen molar-refractivity contribution in [3.63, 3.8) is 0 Å². The molecule has 0 atom stereocenters. The molecule has 206 valence electrons. The van der Waals surface area contributed by atoms with Gasteiger partial charge in [0.1, 0.15) is 23.1 Å². The Kier molecular flexibility index (Phi) is 7.67. The molecule has 14 heteroatoms. The zero-order valence-corrected chi connectivity index (χ0v) is 21.9. The highest BCUT2D eigenvalue weighted by Gasteiger charge is 2.34. The van der Waals surface area contributed by atoms with E-state index in [1.165, 1.54) is 12.5 Å². The van der Waals surface area contributed by atoms with Gasteiger partial charge in [-0.1, -0.05) is 25.9 Å². The van der Waals surface area contributed by atoms with Gasteiger partial charge in [-0.15, -0.1) is 0 Å². The first kappa shape index (κ1) is 27.7. The van der Waals surface area contributed by atoms with Crippen LogP contribution < -0.4 is 15.5 Å². The van der Waals surface area contributed by atoms with Gasteiger partial charge in [0, 0.05) is 37.7 Å². The maximum Gasteiger partial charge on any atom is 0.418 e. The summed E-state index contributed by atoms with van der Waals surface area (Å²) in [6.07, 6.45) is -2.08. The summed E-state index contributed by atoms with van der Waals surface area (Å²) in [7, 11) is 3.31. The summed E-state index contributed by atoms with van der Waals surface area (Å²) < 4.78 is 52.1. The molecule has 3 heterocycles. The number of ether oxygens (including phenoxy) is 1. The van der Waals surface area contributed by atoms with Gasteiger partial charge in [-0.05, 0) is 18.2 Å². The average molecular weight is 545 g/mol. The van der Waals surface area contributed by atoms with Gasteiger partial charge in [0.25, 0.3) is 5.91 Å². The number of anilines is 4. The third-order valence-electron chi connectivity index (χ3n) is 5.67. The van der Waals surface area contributed by atoms with Crippen molar-refractivity contribution in [3.05, 3.63) is 53.7 Å². The quantitative estimate of drug-likeness (QED) is 0.319. The summed E-state index contributed by atoms with van der Waals surface area (Å²) in [5.41, 5.74) is -1.25.